The van der Waals surface area contributed by atoms with E-state index in [1.807, 2.05) is 18.2 Å². The molecule has 1 amide bonds. The summed E-state index contributed by atoms with van der Waals surface area (Å²) in [6.45, 7) is 3.25. The molecule has 1 aromatic carbocycles. The van der Waals surface area contributed by atoms with Gasteiger partial charge < -0.3 is 10.6 Å². The van der Waals surface area contributed by atoms with E-state index in [-0.39, 0.29) is 5.91 Å². The van der Waals surface area contributed by atoms with Crippen molar-refractivity contribution in [3.63, 3.8) is 0 Å². The van der Waals surface area contributed by atoms with Crippen molar-refractivity contribution in [3.05, 3.63) is 42.0 Å². The molecule has 0 bridgehead atoms. The highest BCUT2D eigenvalue weighted by molar-refractivity contribution is 5.99. The fourth-order valence-corrected chi connectivity index (χ4v) is 1.81. The van der Waals surface area contributed by atoms with Crippen LogP contribution in [0.2, 0.25) is 0 Å². The Balaban J connectivity index is 2.01. The Labute approximate surface area is 118 Å². The predicted octanol–water partition coefficient (Wildman–Crippen LogP) is 1.57. The maximum atomic E-state index is 12.2. The van der Waals surface area contributed by atoms with Crippen molar-refractivity contribution >= 4 is 11.6 Å². The number of aryl methyl sites for hydroxylation is 1. The Bertz CT molecular complexity index is 578. The standard InChI is InChI=1S/C14H19N5O/c1-3-8-15-12-7-5-4-6-11(12)14(20)16-9-13-17-10-19(2)18-13/h4-7,10,15H,3,8-9H2,1-2H3,(H,16,20). The summed E-state index contributed by atoms with van der Waals surface area (Å²) in [6.07, 6.45) is 2.62. The Kier molecular flexibility index (Phi) is 4.70. The number of carbonyl (C=O) groups is 1. The fourth-order valence-electron chi connectivity index (χ4n) is 1.81. The van der Waals surface area contributed by atoms with Crippen LogP contribution in [0.25, 0.3) is 0 Å². The van der Waals surface area contributed by atoms with E-state index in [1.54, 1.807) is 24.1 Å². The first-order chi connectivity index (χ1) is 9.70. The van der Waals surface area contributed by atoms with Crippen molar-refractivity contribution in [2.24, 2.45) is 7.05 Å². The van der Waals surface area contributed by atoms with E-state index in [0.717, 1.165) is 18.7 Å². The molecule has 6 nitrogen and oxygen atoms in total. The van der Waals surface area contributed by atoms with E-state index in [9.17, 15) is 4.79 Å². The molecular weight excluding hydrogens is 254 g/mol. The molecule has 0 fully saturated rings. The molecule has 6 heteroatoms. The summed E-state index contributed by atoms with van der Waals surface area (Å²) in [6, 6.07) is 7.48. The topological polar surface area (TPSA) is 71.8 Å². The van der Waals surface area contributed by atoms with Gasteiger partial charge in [0, 0.05) is 19.3 Å². The zero-order valence-corrected chi connectivity index (χ0v) is 11.8. The molecule has 0 saturated heterocycles. The fraction of sp³-hybridized carbons (Fsp3) is 0.357. The van der Waals surface area contributed by atoms with Gasteiger partial charge in [0.25, 0.3) is 5.91 Å². The number of amides is 1. The molecule has 20 heavy (non-hydrogen) atoms. The van der Waals surface area contributed by atoms with Gasteiger partial charge in [-0.05, 0) is 18.6 Å². The van der Waals surface area contributed by atoms with Crippen molar-refractivity contribution in [1.82, 2.24) is 20.1 Å². The van der Waals surface area contributed by atoms with E-state index < -0.39 is 0 Å². The van der Waals surface area contributed by atoms with Gasteiger partial charge in [0.15, 0.2) is 5.82 Å². The van der Waals surface area contributed by atoms with Crippen LogP contribution in [0, 0.1) is 0 Å². The van der Waals surface area contributed by atoms with Crippen LogP contribution in [0.15, 0.2) is 30.6 Å². The zero-order chi connectivity index (χ0) is 14.4. The molecule has 1 aromatic heterocycles. The molecule has 0 atom stereocenters. The summed E-state index contributed by atoms with van der Waals surface area (Å²) in [5, 5.41) is 10.2. The van der Waals surface area contributed by atoms with E-state index in [4.69, 9.17) is 0 Å². The van der Waals surface area contributed by atoms with Crippen molar-refractivity contribution in [2.45, 2.75) is 19.9 Å². The molecule has 0 saturated carbocycles. The van der Waals surface area contributed by atoms with Gasteiger partial charge in [-0.1, -0.05) is 19.1 Å². The molecule has 0 aliphatic heterocycles. The van der Waals surface area contributed by atoms with Crippen molar-refractivity contribution in [3.8, 4) is 0 Å². The molecule has 0 spiro atoms. The number of aromatic nitrogens is 3. The zero-order valence-electron chi connectivity index (χ0n) is 11.8. The van der Waals surface area contributed by atoms with Crippen LogP contribution in [0.4, 0.5) is 5.69 Å². The quantitative estimate of drug-likeness (QED) is 0.838. The number of anilines is 1. The van der Waals surface area contributed by atoms with Gasteiger partial charge in [0.1, 0.15) is 6.33 Å². The minimum Gasteiger partial charge on any atom is -0.384 e. The molecular formula is C14H19N5O. The number of rotatable bonds is 6. The smallest absolute Gasteiger partial charge is 0.253 e. The van der Waals surface area contributed by atoms with Crippen molar-refractivity contribution in [2.75, 3.05) is 11.9 Å². The summed E-state index contributed by atoms with van der Waals surface area (Å²) in [4.78, 5) is 16.3. The van der Waals surface area contributed by atoms with Crippen LogP contribution >= 0.6 is 0 Å². The monoisotopic (exact) mass is 273 g/mol. The normalized spacial score (nSPS) is 10.3. The molecule has 2 aromatic rings. The second-order valence-corrected chi connectivity index (χ2v) is 4.49. The third-order valence-electron chi connectivity index (χ3n) is 2.79. The van der Waals surface area contributed by atoms with E-state index in [1.165, 1.54) is 0 Å². The minimum absolute atomic E-state index is 0.128. The molecule has 106 valence electrons. The molecule has 2 N–H and O–H groups in total. The number of benzene rings is 1. The van der Waals surface area contributed by atoms with Gasteiger partial charge in [0.05, 0.1) is 12.1 Å². The molecule has 0 unspecified atom stereocenters. The van der Waals surface area contributed by atoms with Crippen LogP contribution < -0.4 is 10.6 Å². The number of hydrogen-bond donors (Lipinski definition) is 2. The number of nitrogens with one attached hydrogen (secondary N) is 2. The lowest BCUT2D eigenvalue weighted by molar-refractivity contribution is 0.0950. The first-order valence-electron chi connectivity index (χ1n) is 6.66. The average molecular weight is 273 g/mol. The molecule has 0 aliphatic carbocycles. The highest BCUT2D eigenvalue weighted by Crippen LogP contribution is 2.14. The van der Waals surface area contributed by atoms with Gasteiger partial charge in [-0.15, -0.1) is 0 Å². The second-order valence-electron chi connectivity index (χ2n) is 4.49. The van der Waals surface area contributed by atoms with Gasteiger partial charge in [-0.2, -0.15) is 5.10 Å². The first-order valence-corrected chi connectivity index (χ1v) is 6.66. The highest BCUT2D eigenvalue weighted by Gasteiger charge is 2.11. The lowest BCUT2D eigenvalue weighted by Crippen LogP contribution is -2.24. The van der Waals surface area contributed by atoms with Gasteiger partial charge >= 0.3 is 0 Å². The Morgan fingerprint density at radius 1 is 1.35 bits per heavy atom. The van der Waals surface area contributed by atoms with Crippen molar-refractivity contribution in [1.29, 1.82) is 0 Å². The highest BCUT2D eigenvalue weighted by atomic mass is 16.1. The maximum absolute atomic E-state index is 12.2. The SMILES string of the molecule is CCCNc1ccccc1C(=O)NCc1ncn(C)n1. The third kappa shape index (κ3) is 3.57. The second kappa shape index (κ2) is 6.70. The number of carbonyl (C=O) groups excluding carboxylic acids is 1. The van der Waals surface area contributed by atoms with Crippen molar-refractivity contribution < 1.29 is 4.79 Å². The predicted molar refractivity (Wildman–Crippen MR) is 77.4 cm³/mol. The first kappa shape index (κ1) is 14.0. The van der Waals surface area contributed by atoms with Gasteiger partial charge in [-0.3, -0.25) is 9.48 Å². The van der Waals surface area contributed by atoms with Crippen LogP contribution in [-0.2, 0) is 13.6 Å². The maximum Gasteiger partial charge on any atom is 0.253 e. The lowest BCUT2D eigenvalue weighted by atomic mass is 10.1. The minimum atomic E-state index is -0.128. The Morgan fingerprint density at radius 3 is 2.85 bits per heavy atom. The summed E-state index contributed by atoms with van der Waals surface area (Å²) < 4.78 is 1.61. The molecule has 0 radical (unpaired) electrons. The number of hydrogen-bond acceptors (Lipinski definition) is 4. The lowest BCUT2D eigenvalue weighted by Gasteiger charge is -2.10. The molecule has 2 rings (SSSR count). The van der Waals surface area contributed by atoms with Crippen LogP contribution in [0.5, 0.6) is 0 Å². The molecule has 1 heterocycles. The van der Waals surface area contributed by atoms with E-state index in [2.05, 4.69) is 27.6 Å². The van der Waals surface area contributed by atoms with E-state index >= 15 is 0 Å². The summed E-state index contributed by atoms with van der Waals surface area (Å²) in [5.74, 6) is 0.469. The summed E-state index contributed by atoms with van der Waals surface area (Å²) in [5.41, 5.74) is 1.48. The number of nitrogens with zero attached hydrogens (tertiary/aromatic N) is 3. The van der Waals surface area contributed by atoms with Crippen LogP contribution in [0.3, 0.4) is 0 Å². The largest absolute Gasteiger partial charge is 0.384 e. The summed E-state index contributed by atoms with van der Waals surface area (Å²) in [7, 11) is 1.79. The van der Waals surface area contributed by atoms with Gasteiger partial charge in [0.2, 0.25) is 0 Å². The molecule has 0 aliphatic rings. The van der Waals surface area contributed by atoms with Gasteiger partial charge in [-0.25, -0.2) is 4.98 Å². The number of para-hydroxylation sites is 1. The average Bonchev–Trinajstić information content (AvgIpc) is 2.88. The van der Waals surface area contributed by atoms with Crippen LogP contribution in [-0.4, -0.2) is 27.2 Å². The third-order valence-corrected chi connectivity index (χ3v) is 2.79. The summed E-state index contributed by atoms with van der Waals surface area (Å²) >= 11 is 0. The van der Waals surface area contributed by atoms with E-state index in [0.29, 0.717) is 17.9 Å². The Morgan fingerprint density at radius 2 is 2.15 bits per heavy atom. The Hall–Kier alpha value is -2.37. The van der Waals surface area contributed by atoms with Crippen LogP contribution in [0.1, 0.15) is 29.5 Å².